The summed E-state index contributed by atoms with van der Waals surface area (Å²) in [7, 11) is 0. The van der Waals surface area contributed by atoms with E-state index in [9.17, 15) is 4.39 Å². The van der Waals surface area contributed by atoms with E-state index in [1.165, 1.54) is 25.7 Å². The summed E-state index contributed by atoms with van der Waals surface area (Å²) < 4.78 is 14.8. The Morgan fingerprint density at radius 3 is 2.68 bits per heavy atom. The second kappa shape index (κ2) is 7.39. The van der Waals surface area contributed by atoms with Gasteiger partial charge in [0.25, 0.3) is 0 Å². The van der Waals surface area contributed by atoms with Crippen LogP contribution in [0.3, 0.4) is 0 Å². The van der Waals surface area contributed by atoms with E-state index in [2.05, 4.69) is 28.2 Å². The SMILES string of the molecule is CCNCC1CCCCC1Cc1ccc(Br)cc1F. The maximum absolute atomic E-state index is 13.9. The van der Waals surface area contributed by atoms with Crippen molar-refractivity contribution in [2.24, 2.45) is 11.8 Å². The topological polar surface area (TPSA) is 12.0 Å². The molecule has 0 aromatic heterocycles. The number of hydrogen-bond donors (Lipinski definition) is 1. The van der Waals surface area contributed by atoms with Crippen molar-refractivity contribution >= 4 is 15.9 Å². The van der Waals surface area contributed by atoms with Gasteiger partial charge in [-0.25, -0.2) is 4.39 Å². The van der Waals surface area contributed by atoms with Crippen LogP contribution in [0.1, 0.15) is 38.2 Å². The third kappa shape index (κ3) is 4.28. The zero-order chi connectivity index (χ0) is 13.7. The first kappa shape index (κ1) is 15.0. The molecule has 0 radical (unpaired) electrons. The highest BCUT2D eigenvalue weighted by molar-refractivity contribution is 9.10. The quantitative estimate of drug-likeness (QED) is 0.836. The molecule has 0 spiro atoms. The summed E-state index contributed by atoms with van der Waals surface area (Å²) in [6.45, 7) is 4.25. The lowest BCUT2D eigenvalue weighted by Gasteiger charge is -2.32. The minimum Gasteiger partial charge on any atom is -0.317 e. The molecule has 1 nitrogen and oxygen atoms in total. The Hall–Kier alpha value is -0.410. The molecule has 3 heteroatoms. The first-order valence-corrected chi connectivity index (χ1v) is 8.14. The van der Waals surface area contributed by atoms with Gasteiger partial charge in [-0.15, -0.1) is 0 Å². The molecule has 2 atom stereocenters. The molecule has 1 aliphatic carbocycles. The van der Waals surface area contributed by atoms with E-state index in [0.29, 0.717) is 11.8 Å². The van der Waals surface area contributed by atoms with Crippen molar-refractivity contribution < 1.29 is 4.39 Å². The molecule has 2 rings (SSSR count). The number of hydrogen-bond acceptors (Lipinski definition) is 1. The van der Waals surface area contributed by atoms with E-state index in [0.717, 1.165) is 29.5 Å². The lowest BCUT2D eigenvalue weighted by molar-refractivity contribution is 0.228. The summed E-state index contributed by atoms with van der Waals surface area (Å²) in [4.78, 5) is 0. The van der Waals surface area contributed by atoms with Gasteiger partial charge in [0.1, 0.15) is 5.82 Å². The first-order chi connectivity index (χ1) is 9.20. The van der Waals surface area contributed by atoms with Crippen LogP contribution in [0.4, 0.5) is 4.39 Å². The smallest absolute Gasteiger partial charge is 0.127 e. The van der Waals surface area contributed by atoms with Gasteiger partial charge in [0.05, 0.1) is 0 Å². The summed E-state index contributed by atoms with van der Waals surface area (Å²) >= 11 is 3.32. The highest BCUT2D eigenvalue weighted by atomic mass is 79.9. The fraction of sp³-hybridized carbons (Fsp3) is 0.625. The van der Waals surface area contributed by atoms with Gasteiger partial charge >= 0.3 is 0 Å². The van der Waals surface area contributed by atoms with Gasteiger partial charge in [0.15, 0.2) is 0 Å². The molecule has 19 heavy (non-hydrogen) atoms. The molecule has 1 fully saturated rings. The minimum absolute atomic E-state index is 0.0675. The van der Waals surface area contributed by atoms with E-state index in [1.807, 2.05) is 12.1 Å². The van der Waals surface area contributed by atoms with Crippen LogP contribution in [-0.2, 0) is 6.42 Å². The van der Waals surface area contributed by atoms with Gasteiger partial charge in [0, 0.05) is 4.47 Å². The second-order valence-electron chi connectivity index (χ2n) is 5.55. The Morgan fingerprint density at radius 2 is 2.00 bits per heavy atom. The third-order valence-electron chi connectivity index (χ3n) is 4.22. The molecule has 1 saturated carbocycles. The Kier molecular flexibility index (Phi) is 5.83. The zero-order valence-corrected chi connectivity index (χ0v) is 13.2. The van der Waals surface area contributed by atoms with E-state index in [1.54, 1.807) is 6.07 Å². The molecule has 1 N–H and O–H groups in total. The van der Waals surface area contributed by atoms with Crippen LogP contribution in [-0.4, -0.2) is 13.1 Å². The number of halogens is 2. The number of nitrogens with one attached hydrogen (secondary N) is 1. The fourth-order valence-electron chi connectivity index (χ4n) is 3.12. The maximum Gasteiger partial charge on any atom is 0.127 e. The van der Waals surface area contributed by atoms with Gasteiger partial charge in [-0.05, 0) is 61.9 Å². The summed E-state index contributed by atoms with van der Waals surface area (Å²) in [5, 5.41) is 3.46. The van der Waals surface area contributed by atoms with Crippen LogP contribution in [0.5, 0.6) is 0 Å². The molecule has 0 bridgehead atoms. The molecule has 2 unspecified atom stereocenters. The summed E-state index contributed by atoms with van der Waals surface area (Å²) in [5.74, 6) is 1.27. The summed E-state index contributed by atoms with van der Waals surface area (Å²) in [6.07, 6.45) is 6.04. The predicted molar refractivity (Wildman–Crippen MR) is 81.8 cm³/mol. The van der Waals surface area contributed by atoms with Gasteiger partial charge in [-0.1, -0.05) is 41.8 Å². The average Bonchev–Trinajstić information content (AvgIpc) is 2.41. The normalized spacial score (nSPS) is 23.5. The van der Waals surface area contributed by atoms with Crippen molar-refractivity contribution in [1.29, 1.82) is 0 Å². The lowest BCUT2D eigenvalue weighted by atomic mass is 9.76. The standard InChI is InChI=1S/C16H23BrFN/c1-2-19-11-14-6-4-3-5-12(14)9-13-7-8-15(17)10-16(13)18/h7-8,10,12,14,19H,2-6,9,11H2,1H3. The molecular formula is C16H23BrFN. The van der Waals surface area contributed by atoms with Crippen LogP contribution in [0.25, 0.3) is 0 Å². The Bertz CT molecular complexity index is 408. The van der Waals surface area contributed by atoms with Crippen molar-refractivity contribution in [1.82, 2.24) is 5.32 Å². The number of rotatable bonds is 5. The van der Waals surface area contributed by atoms with Crippen molar-refractivity contribution in [2.45, 2.75) is 39.0 Å². The van der Waals surface area contributed by atoms with Crippen molar-refractivity contribution in [3.05, 3.63) is 34.1 Å². The molecule has 0 aliphatic heterocycles. The first-order valence-electron chi connectivity index (χ1n) is 7.35. The molecule has 0 amide bonds. The average molecular weight is 328 g/mol. The van der Waals surface area contributed by atoms with Crippen molar-refractivity contribution in [3.63, 3.8) is 0 Å². The summed E-state index contributed by atoms with van der Waals surface area (Å²) in [6, 6.07) is 5.45. The third-order valence-corrected chi connectivity index (χ3v) is 4.71. The van der Waals surface area contributed by atoms with Gasteiger partial charge in [-0.2, -0.15) is 0 Å². The van der Waals surface area contributed by atoms with Crippen LogP contribution >= 0.6 is 15.9 Å². The minimum atomic E-state index is -0.0675. The lowest BCUT2D eigenvalue weighted by Crippen LogP contribution is -2.31. The van der Waals surface area contributed by atoms with Crippen molar-refractivity contribution in [2.75, 3.05) is 13.1 Å². The van der Waals surface area contributed by atoms with E-state index >= 15 is 0 Å². The molecule has 0 saturated heterocycles. The molecule has 1 aromatic carbocycles. The zero-order valence-electron chi connectivity index (χ0n) is 11.6. The van der Waals surface area contributed by atoms with E-state index in [4.69, 9.17) is 0 Å². The summed E-state index contributed by atoms with van der Waals surface area (Å²) in [5.41, 5.74) is 0.872. The predicted octanol–water partition coefficient (Wildman–Crippen LogP) is 4.55. The van der Waals surface area contributed by atoms with Crippen LogP contribution < -0.4 is 5.32 Å². The van der Waals surface area contributed by atoms with E-state index < -0.39 is 0 Å². The van der Waals surface area contributed by atoms with E-state index in [-0.39, 0.29) is 5.82 Å². The van der Waals surface area contributed by atoms with Gasteiger partial charge < -0.3 is 5.32 Å². The number of benzene rings is 1. The Balaban J connectivity index is 2.02. The van der Waals surface area contributed by atoms with Crippen molar-refractivity contribution in [3.8, 4) is 0 Å². The highest BCUT2D eigenvalue weighted by Crippen LogP contribution is 2.33. The molecule has 0 heterocycles. The van der Waals surface area contributed by atoms with Crippen LogP contribution in [0.15, 0.2) is 22.7 Å². The largest absolute Gasteiger partial charge is 0.317 e. The second-order valence-corrected chi connectivity index (χ2v) is 6.47. The monoisotopic (exact) mass is 327 g/mol. The molecular weight excluding hydrogens is 305 g/mol. The maximum atomic E-state index is 13.9. The molecule has 1 aromatic rings. The Morgan fingerprint density at radius 1 is 1.26 bits per heavy atom. The van der Waals surface area contributed by atoms with Crippen LogP contribution in [0.2, 0.25) is 0 Å². The molecule has 106 valence electrons. The Labute approximate surface area is 124 Å². The fourth-order valence-corrected chi connectivity index (χ4v) is 3.45. The van der Waals surface area contributed by atoms with Gasteiger partial charge in [-0.3, -0.25) is 0 Å². The van der Waals surface area contributed by atoms with Crippen LogP contribution in [0, 0.1) is 17.7 Å². The molecule has 1 aliphatic rings. The van der Waals surface area contributed by atoms with Gasteiger partial charge in [0.2, 0.25) is 0 Å². The highest BCUT2D eigenvalue weighted by Gasteiger charge is 2.25.